The van der Waals surface area contributed by atoms with Crippen molar-refractivity contribution in [2.45, 2.75) is 44.4 Å². The molecule has 0 unspecified atom stereocenters. The quantitative estimate of drug-likeness (QED) is 0.118. The molecule has 8 N–H and O–H groups in total. The molecule has 5 amide bonds. The zero-order valence-corrected chi connectivity index (χ0v) is 20.8. The maximum Gasteiger partial charge on any atom is 0.243 e. The van der Waals surface area contributed by atoms with Gasteiger partial charge in [-0.3, -0.25) is 28.8 Å². The highest BCUT2D eigenvalue weighted by Crippen LogP contribution is 2.11. The van der Waals surface area contributed by atoms with Crippen LogP contribution in [-0.4, -0.2) is 83.9 Å². The van der Waals surface area contributed by atoms with Crippen molar-refractivity contribution in [3.8, 4) is 5.75 Å². The van der Waals surface area contributed by atoms with Gasteiger partial charge in [0.25, 0.3) is 0 Å². The van der Waals surface area contributed by atoms with E-state index in [1.165, 1.54) is 26.0 Å². The number of phenols is 1. The third-order valence-electron chi connectivity index (χ3n) is 4.66. The molecule has 1 aromatic carbocycles. The Balaban J connectivity index is 2.69. The first kappa shape index (κ1) is 30.4. The molecule has 1 aromatic rings. The van der Waals surface area contributed by atoms with E-state index in [1.54, 1.807) is 18.4 Å². The second kappa shape index (κ2) is 15.4. The van der Waals surface area contributed by atoms with E-state index in [9.17, 15) is 33.9 Å². The Morgan fingerprint density at radius 3 is 1.92 bits per heavy atom. The highest BCUT2D eigenvalue weighted by atomic mass is 32.1. The number of carbonyl (C=O) groups is 5. The number of nitrogens with one attached hydrogen (secondary N) is 5. The van der Waals surface area contributed by atoms with E-state index in [2.05, 4.69) is 39.2 Å². The minimum absolute atomic E-state index is 0.0258. The van der Waals surface area contributed by atoms with Crippen molar-refractivity contribution in [2.75, 3.05) is 18.8 Å². The zero-order chi connectivity index (χ0) is 27.3. The number of nitrogens with two attached hydrogens (primary N) is 1. The van der Waals surface area contributed by atoms with Crippen LogP contribution in [0.4, 0.5) is 0 Å². The molecule has 0 saturated heterocycles. The Labute approximate surface area is 213 Å². The van der Waals surface area contributed by atoms with Gasteiger partial charge in [0.05, 0.1) is 25.2 Å². The lowest BCUT2D eigenvalue weighted by Crippen LogP contribution is -2.55. The van der Waals surface area contributed by atoms with Gasteiger partial charge >= 0.3 is 0 Å². The monoisotopic (exact) mass is 523 g/mol. The zero-order valence-electron chi connectivity index (χ0n) is 19.9. The molecule has 0 spiro atoms. The molecule has 0 saturated carbocycles. The molecule has 0 aliphatic carbocycles. The lowest BCUT2D eigenvalue weighted by molar-refractivity contribution is -0.131. The third kappa shape index (κ3) is 11.2. The van der Waals surface area contributed by atoms with Gasteiger partial charge in [-0.05, 0) is 31.5 Å². The summed E-state index contributed by atoms with van der Waals surface area (Å²) in [7, 11) is 0. The van der Waals surface area contributed by atoms with Gasteiger partial charge in [0.1, 0.15) is 17.8 Å². The lowest BCUT2D eigenvalue weighted by Gasteiger charge is -2.20. The van der Waals surface area contributed by atoms with Gasteiger partial charge in [-0.1, -0.05) is 12.1 Å². The van der Waals surface area contributed by atoms with Crippen LogP contribution in [0.2, 0.25) is 0 Å². The standard InChI is InChI=1S/C22H31N6O7S/c1-12(10-29)26-22(35)16(7-14-3-5-15(30)6-4-14)27-18(31)9-25-21(34)17(11-36)28-19(32)8-24-20(33)13(2)23/h3-6,12-13,16-17,30,36H,7-9,11,23H2,1-2H3,(H,24,33)(H,25,34)(H,26,35)(H,27,31)(H,28,32)/t12-,13-,16-,17-/m0/s1. The number of amides is 5. The largest absolute Gasteiger partial charge is 0.508 e. The molecule has 13 nitrogen and oxygen atoms in total. The van der Waals surface area contributed by atoms with Crippen molar-refractivity contribution in [3.63, 3.8) is 0 Å². The van der Waals surface area contributed by atoms with Crippen molar-refractivity contribution >= 4 is 48.5 Å². The average Bonchev–Trinajstić information content (AvgIpc) is 2.84. The molecular formula is C22H31N6O7S. The summed E-state index contributed by atoms with van der Waals surface area (Å²) in [6.45, 7) is 1.94. The van der Waals surface area contributed by atoms with Gasteiger partial charge in [-0.2, -0.15) is 12.6 Å². The Kier molecular flexibility index (Phi) is 13.0. The first-order chi connectivity index (χ1) is 17.0. The number of hydrogen-bond donors (Lipinski definition) is 8. The van der Waals surface area contributed by atoms with Crippen LogP contribution < -0.4 is 32.3 Å². The smallest absolute Gasteiger partial charge is 0.243 e. The molecule has 1 radical (unpaired) electrons. The molecule has 14 heteroatoms. The summed E-state index contributed by atoms with van der Waals surface area (Å²) in [5, 5.41) is 21.3. The summed E-state index contributed by atoms with van der Waals surface area (Å²) in [5.41, 5.74) is 6.01. The molecule has 0 aliphatic rings. The Hall–Kier alpha value is -3.65. The Morgan fingerprint density at radius 2 is 1.42 bits per heavy atom. The van der Waals surface area contributed by atoms with E-state index < -0.39 is 66.8 Å². The highest BCUT2D eigenvalue weighted by Gasteiger charge is 2.24. The SMILES string of the molecule is C[C@H](N)C(=O)NCC(=O)N[C@@H](CS)C(=O)NCC(=O)N[C@@H](Cc1ccc(O)cc1)C(=O)N[C@@H](C)[C]=O. The molecule has 1 rings (SSSR count). The average molecular weight is 524 g/mol. The molecule has 36 heavy (non-hydrogen) atoms. The molecule has 0 fully saturated rings. The Bertz CT molecular complexity index is 941. The first-order valence-electron chi connectivity index (χ1n) is 10.9. The van der Waals surface area contributed by atoms with Crippen LogP contribution >= 0.6 is 12.6 Å². The van der Waals surface area contributed by atoms with Gasteiger partial charge in [0.15, 0.2) is 0 Å². The van der Waals surface area contributed by atoms with Crippen LogP contribution in [0, 0.1) is 0 Å². The summed E-state index contributed by atoms with van der Waals surface area (Å²) in [6, 6.07) is 2.06. The van der Waals surface area contributed by atoms with Crippen molar-refractivity contribution in [3.05, 3.63) is 29.8 Å². The van der Waals surface area contributed by atoms with Crippen LogP contribution in [0.15, 0.2) is 24.3 Å². The summed E-state index contributed by atoms with van der Waals surface area (Å²) in [6.07, 6.45) is 1.66. The van der Waals surface area contributed by atoms with Crippen molar-refractivity contribution in [1.29, 1.82) is 0 Å². The Morgan fingerprint density at radius 1 is 0.889 bits per heavy atom. The molecule has 4 atom stereocenters. The highest BCUT2D eigenvalue weighted by molar-refractivity contribution is 7.80. The van der Waals surface area contributed by atoms with Crippen molar-refractivity contribution in [1.82, 2.24) is 26.6 Å². The summed E-state index contributed by atoms with van der Waals surface area (Å²) in [5.74, 6) is -3.33. The number of carbonyl (C=O) groups excluding carboxylic acids is 6. The normalized spacial score (nSPS) is 13.8. The molecule has 0 aromatic heterocycles. The van der Waals surface area contributed by atoms with Gasteiger partial charge in [-0.15, -0.1) is 0 Å². The van der Waals surface area contributed by atoms with Crippen LogP contribution in [0.25, 0.3) is 0 Å². The van der Waals surface area contributed by atoms with Gasteiger partial charge in [0, 0.05) is 12.2 Å². The van der Waals surface area contributed by atoms with Crippen molar-refractivity contribution < 1.29 is 33.9 Å². The lowest BCUT2D eigenvalue weighted by atomic mass is 10.0. The van der Waals surface area contributed by atoms with Crippen LogP contribution in [0.1, 0.15) is 19.4 Å². The van der Waals surface area contributed by atoms with E-state index >= 15 is 0 Å². The molecule has 0 aliphatic heterocycles. The van der Waals surface area contributed by atoms with E-state index in [0.717, 1.165) is 0 Å². The number of aromatic hydroxyl groups is 1. The first-order valence-corrected chi connectivity index (χ1v) is 11.6. The topological polar surface area (TPSA) is 209 Å². The fourth-order valence-electron chi connectivity index (χ4n) is 2.72. The van der Waals surface area contributed by atoms with E-state index in [0.29, 0.717) is 5.56 Å². The van der Waals surface area contributed by atoms with Crippen LogP contribution in [0.3, 0.4) is 0 Å². The van der Waals surface area contributed by atoms with Gasteiger partial charge in [-0.25, -0.2) is 0 Å². The molecule has 197 valence electrons. The van der Waals surface area contributed by atoms with Gasteiger partial charge in [0.2, 0.25) is 35.8 Å². The van der Waals surface area contributed by atoms with Crippen LogP contribution in [0.5, 0.6) is 5.75 Å². The molecular weight excluding hydrogens is 492 g/mol. The predicted molar refractivity (Wildman–Crippen MR) is 132 cm³/mol. The van der Waals surface area contributed by atoms with Gasteiger partial charge < -0.3 is 37.4 Å². The predicted octanol–water partition coefficient (Wildman–Crippen LogP) is -2.97. The minimum atomic E-state index is -1.10. The maximum absolute atomic E-state index is 12.5. The number of rotatable bonds is 14. The van der Waals surface area contributed by atoms with E-state index in [4.69, 9.17) is 5.73 Å². The number of hydrogen-bond acceptors (Lipinski definition) is 9. The second-order valence-corrected chi connectivity index (χ2v) is 8.23. The second-order valence-electron chi connectivity index (χ2n) is 7.87. The minimum Gasteiger partial charge on any atom is -0.508 e. The maximum atomic E-state index is 12.5. The summed E-state index contributed by atoms with van der Waals surface area (Å²) in [4.78, 5) is 71.5. The summed E-state index contributed by atoms with van der Waals surface area (Å²) >= 11 is 4.02. The van der Waals surface area contributed by atoms with Crippen molar-refractivity contribution in [2.24, 2.45) is 5.73 Å². The fourth-order valence-corrected chi connectivity index (χ4v) is 2.98. The fraction of sp³-hybridized carbons (Fsp3) is 0.455. The number of thiol groups is 1. The molecule has 0 heterocycles. The van der Waals surface area contributed by atoms with E-state index in [-0.39, 0.29) is 17.9 Å². The van der Waals surface area contributed by atoms with E-state index in [1.807, 2.05) is 0 Å². The molecule has 0 bridgehead atoms. The summed E-state index contributed by atoms with van der Waals surface area (Å²) < 4.78 is 0. The van der Waals surface area contributed by atoms with Crippen LogP contribution in [-0.2, 0) is 35.2 Å². The third-order valence-corrected chi connectivity index (χ3v) is 5.02. The number of phenolic OH excluding ortho intramolecular Hbond substituents is 1. The number of benzene rings is 1.